The smallest absolute Gasteiger partial charge is 0.254 e. The summed E-state index contributed by atoms with van der Waals surface area (Å²) in [4.78, 5) is 29.7. The number of rotatable bonds is 6. The molecule has 0 spiro atoms. The van der Waals surface area contributed by atoms with Gasteiger partial charge in [-0.3, -0.25) is 14.2 Å². The summed E-state index contributed by atoms with van der Waals surface area (Å²) < 4.78 is 11.7. The highest BCUT2D eigenvalue weighted by atomic mass is 35.5. The maximum atomic E-state index is 12.7. The maximum Gasteiger partial charge on any atom is 0.254 e. The van der Waals surface area contributed by atoms with E-state index in [1.165, 1.54) is 24.9 Å². The first kappa shape index (κ1) is 20.4. The van der Waals surface area contributed by atoms with E-state index in [0.29, 0.717) is 39.3 Å². The van der Waals surface area contributed by atoms with Crippen LogP contribution in [0.25, 0.3) is 11.4 Å². The first-order valence-corrected chi connectivity index (χ1v) is 9.14. The minimum Gasteiger partial charge on any atom is -0.497 e. The number of halogens is 1. The molecule has 0 aliphatic rings. The lowest BCUT2D eigenvalue weighted by atomic mass is 10.2. The van der Waals surface area contributed by atoms with Gasteiger partial charge in [0.15, 0.2) is 0 Å². The monoisotopic (exact) mass is 413 g/mol. The highest BCUT2D eigenvalue weighted by Gasteiger charge is 2.14. The number of nitrogens with zero attached hydrogens (tertiary/aromatic N) is 2. The number of hydrogen-bond donors (Lipinski definition) is 1. The molecule has 0 unspecified atom stereocenters. The van der Waals surface area contributed by atoms with Crippen LogP contribution in [0.3, 0.4) is 0 Å². The van der Waals surface area contributed by atoms with Gasteiger partial charge < -0.3 is 14.8 Å². The predicted molar refractivity (Wildman–Crippen MR) is 112 cm³/mol. The third-order valence-electron chi connectivity index (χ3n) is 4.16. The summed E-state index contributed by atoms with van der Waals surface area (Å²) in [5, 5.41) is 3.27. The Labute approximate surface area is 172 Å². The number of ether oxygens (including phenoxy) is 2. The van der Waals surface area contributed by atoms with Crippen LogP contribution in [-0.2, 0) is 11.3 Å². The Morgan fingerprint density at radius 2 is 1.79 bits per heavy atom. The number of methoxy groups -OCH3 is 2. The molecule has 0 saturated heterocycles. The van der Waals surface area contributed by atoms with E-state index < -0.39 is 5.91 Å². The zero-order chi connectivity index (χ0) is 21.0. The van der Waals surface area contributed by atoms with Crippen LogP contribution < -0.4 is 20.3 Å². The second-order valence-electron chi connectivity index (χ2n) is 6.31. The molecule has 0 bridgehead atoms. The fourth-order valence-corrected chi connectivity index (χ4v) is 3.04. The third kappa shape index (κ3) is 4.94. The van der Waals surface area contributed by atoms with Gasteiger partial charge in [-0.1, -0.05) is 23.7 Å². The van der Waals surface area contributed by atoms with E-state index in [4.69, 9.17) is 21.1 Å². The topological polar surface area (TPSA) is 82.5 Å². The molecule has 1 N–H and O–H groups in total. The number of aromatic nitrogens is 2. The number of aryl methyl sites for hydroxylation is 1. The Kier molecular flexibility index (Phi) is 6.19. The number of benzene rings is 2. The highest BCUT2D eigenvalue weighted by Crippen LogP contribution is 2.26. The molecule has 1 aromatic heterocycles. The van der Waals surface area contributed by atoms with Gasteiger partial charge in [0, 0.05) is 46.2 Å². The molecule has 1 heterocycles. The van der Waals surface area contributed by atoms with Crippen molar-refractivity contribution in [2.75, 3.05) is 19.5 Å². The van der Waals surface area contributed by atoms with Crippen LogP contribution >= 0.6 is 11.6 Å². The van der Waals surface area contributed by atoms with Gasteiger partial charge >= 0.3 is 0 Å². The molecule has 2 aromatic carbocycles. The van der Waals surface area contributed by atoms with Crippen molar-refractivity contribution in [2.24, 2.45) is 0 Å². The van der Waals surface area contributed by atoms with Crippen molar-refractivity contribution < 1.29 is 14.3 Å². The summed E-state index contributed by atoms with van der Waals surface area (Å²) >= 11 is 6.08. The molecule has 29 heavy (non-hydrogen) atoms. The van der Waals surface area contributed by atoms with Crippen molar-refractivity contribution >= 4 is 23.2 Å². The number of amides is 1. The first-order chi connectivity index (χ1) is 13.9. The molecule has 3 aromatic rings. The van der Waals surface area contributed by atoms with Gasteiger partial charge in [-0.15, -0.1) is 0 Å². The summed E-state index contributed by atoms with van der Waals surface area (Å²) in [5.74, 6) is 1.05. The predicted octanol–water partition coefficient (Wildman–Crippen LogP) is 3.53. The zero-order valence-electron chi connectivity index (χ0n) is 16.2. The first-order valence-electron chi connectivity index (χ1n) is 8.77. The minimum absolute atomic E-state index is 0.215. The van der Waals surface area contributed by atoms with Crippen molar-refractivity contribution in [1.29, 1.82) is 0 Å². The summed E-state index contributed by atoms with van der Waals surface area (Å²) in [6.07, 6.45) is 0. The number of nitrogens with one attached hydrogen (secondary N) is 1. The molecule has 0 radical (unpaired) electrons. The van der Waals surface area contributed by atoms with Crippen LogP contribution in [0.15, 0.2) is 53.3 Å². The molecule has 0 fully saturated rings. The van der Waals surface area contributed by atoms with Gasteiger partial charge in [-0.05, 0) is 19.1 Å². The number of hydrogen-bond acceptors (Lipinski definition) is 5. The quantitative estimate of drug-likeness (QED) is 0.668. The van der Waals surface area contributed by atoms with Gasteiger partial charge in [0.25, 0.3) is 5.56 Å². The molecule has 0 saturated carbocycles. The average Bonchev–Trinajstić information content (AvgIpc) is 2.69. The Morgan fingerprint density at radius 1 is 1.10 bits per heavy atom. The van der Waals surface area contributed by atoms with Crippen LogP contribution in [0.5, 0.6) is 11.5 Å². The summed E-state index contributed by atoms with van der Waals surface area (Å²) in [6, 6.07) is 13.4. The van der Waals surface area contributed by atoms with Crippen LogP contribution in [0, 0.1) is 6.92 Å². The minimum atomic E-state index is -0.392. The van der Waals surface area contributed by atoms with Crippen molar-refractivity contribution in [3.8, 4) is 22.9 Å². The molecule has 150 valence electrons. The normalized spacial score (nSPS) is 10.5. The lowest BCUT2D eigenvalue weighted by molar-refractivity contribution is -0.116. The molecular formula is C21H20ClN3O4. The van der Waals surface area contributed by atoms with Gasteiger partial charge in [0.05, 0.1) is 14.2 Å². The van der Waals surface area contributed by atoms with E-state index in [9.17, 15) is 9.59 Å². The van der Waals surface area contributed by atoms with Crippen molar-refractivity contribution in [1.82, 2.24) is 9.55 Å². The molecule has 0 aliphatic heterocycles. The summed E-state index contributed by atoms with van der Waals surface area (Å²) in [5.41, 5.74) is 1.36. The van der Waals surface area contributed by atoms with Gasteiger partial charge in [0.2, 0.25) is 5.91 Å². The molecule has 8 heteroatoms. The SMILES string of the molecule is COc1cc(NC(=O)Cn2c(-c3cccc(Cl)c3)nc(C)cc2=O)cc(OC)c1. The van der Waals surface area contributed by atoms with E-state index >= 15 is 0 Å². The van der Waals surface area contributed by atoms with Gasteiger partial charge in [-0.25, -0.2) is 4.98 Å². The van der Waals surface area contributed by atoms with Crippen molar-refractivity contribution in [3.05, 3.63) is 69.6 Å². The third-order valence-corrected chi connectivity index (χ3v) is 4.39. The van der Waals surface area contributed by atoms with Gasteiger partial charge in [-0.2, -0.15) is 0 Å². The standard InChI is InChI=1S/C21H20ClN3O4/c1-13-7-20(27)25(21(23-13)14-5-4-6-15(22)8-14)12-19(26)24-16-9-17(28-2)11-18(10-16)29-3/h4-11H,12H2,1-3H3,(H,24,26). The highest BCUT2D eigenvalue weighted by molar-refractivity contribution is 6.30. The van der Waals surface area contributed by atoms with Crippen molar-refractivity contribution in [3.63, 3.8) is 0 Å². The second kappa shape index (κ2) is 8.79. The zero-order valence-corrected chi connectivity index (χ0v) is 17.0. The number of carbonyl (C=O) groups excluding carboxylic acids is 1. The lowest BCUT2D eigenvalue weighted by Gasteiger charge is -2.14. The summed E-state index contributed by atoms with van der Waals surface area (Å²) in [6.45, 7) is 1.51. The fourth-order valence-electron chi connectivity index (χ4n) is 2.85. The lowest BCUT2D eigenvalue weighted by Crippen LogP contribution is -2.29. The molecule has 0 atom stereocenters. The van der Waals surface area contributed by atoms with E-state index in [0.717, 1.165) is 0 Å². The fraction of sp³-hybridized carbons (Fsp3) is 0.190. The van der Waals surface area contributed by atoms with E-state index in [1.54, 1.807) is 49.4 Å². The van der Waals surface area contributed by atoms with E-state index in [2.05, 4.69) is 10.3 Å². The molecule has 3 rings (SSSR count). The Morgan fingerprint density at radius 3 is 2.41 bits per heavy atom. The van der Waals surface area contributed by atoms with Gasteiger partial charge in [0.1, 0.15) is 23.9 Å². The van der Waals surface area contributed by atoms with Crippen LogP contribution in [0.1, 0.15) is 5.69 Å². The second-order valence-corrected chi connectivity index (χ2v) is 6.74. The molecule has 0 aliphatic carbocycles. The van der Waals surface area contributed by atoms with Crippen LogP contribution in [0.4, 0.5) is 5.69 Å². The molecule has 1 amide bonds. The number of anilines is 1. The largest absolute Gasteiger partial charge is 0.497 e. The van der Waals surface area contributed by atoms with E-state index in [1.807, 2.05) is 0 Å². The van der Waals surface area contributed by atoms with E-state index in [-0.39, 0.29) is 12.1 Å². The Hall–Kier alpha value is -3.32. The Bertz CT molecular complexity index is 1090. The maximum absolute atomic E-state index is 12.7. The van der Waals surface area contributed by atoms with Crippen molar-refractivity contribution in [2.45, 2.75) is 13.5 Å². The molecule has 7 nitrogen and oxygen atoms in total. The Balaban J connectivity index is 1.92. The van der Waals surface area contributed by atoms with Crippen LogP contribution in [-0.4, -0.2) is 29.7 Å². The average molecular weight is 414 g/mol. The molecular weight excluding hydrogens is 394 g/mol. The number of carbonyl (C=O) groups is 1. The summed E-state index contributed by atoms with van der Waals surface area (Å²) in [7, 11) is 3.05. The van der Waals surface area contributed by atoms with Crippen LogP contribution in [0.2, 0.25) is 5.02 Å².